The Morgan fingerprint density at radius 2 is 1.86 bits per heavy atom. The van der Waals surface area contributed by atoms with E-state index in [9.17, 15) is 4.79 Å². The molecule has 0 spiro atoms. The molecule has 1 fully saturated rings. The van der Waals surface area contributed by atoms with Crippen LogP contribution in [0, 0.1) is 0 Å². The minimum absolute atomic E-state index is 0.111. The highest BCUT2D eigenvalue weighted by molar-refractivity contribution is 8.27. The van der Waals surface area contributed by atoms with Crippen LogP contribution in [0.3, 0.4) is 0 Å². The van der Waals surface area contributed by atoms with Gasteiger partial charge in [-0.1, -0.05) is 36.1 Å². The lowest BCUT2D eigenvalue weighted by molar-refractivity contribution is -0.113. The van der Waals surface area contributed by atoms with Gasteiger partial charge in [-0.3, -0.25) is 9.69 Å². The Morgan fingerprint density at radius 1 is 1.11 bits per heavy atom. The maximum absolute atomic E-state index is 13.0. The number of amides is 1. The van der Waals surface area contributed by atoms with E-state index in [1.54, 1.807) is 16.7 Å². The van der Waals surface area contributed by atoms with E-state index in [4.69, 9.17) is 21.7 Å². The van der Waals surface area contributed by atoms with Crippen LogP contribution in [0.1, 0.15) is 19.4 Å². The van der Waals surface area contributed by atoms with Crippen LogP contribution in [0.15, 0.2) is 52.3 Å². The van der Waals surface area contributed by atoms with E-state index in [1.807, 2.05) is 68.6 Å². The first kappa shape index (κ1) is 20.8. The fourth-order valence-electron chi connectivity index (χ4n) is 2.75. The number of nitrogens with zero attached hydrogens (tertiary/aromatic N) is 1. The minimum atomic E-state index is -0.111. The van der Waals surface area contributed by atoms with Gasteiger partial charge in [-0.05, 0) is 62.1 Å². The van der Waals surface area contributed by atoms with Crippen LogP contribution >= 0.6 is 35.7 Å². The van der Waals surface area contributed by atoms with Crippen LogP contribution in [0.5, 0.6) is 11.5 Å². The molecular weight excluding hydrogens is 410 g/mol. The average molecular weight is 432 g/mol. The summed E-state index contributed by atoms with van der Waals surface area (Å²) in [5, 5.41) is 0. The Kier molecular flexibility index (Phi) is 7.04. The first-order valence-corrected chi connectivity index (χ1v) is 11.3. The summed E-state index contributed by atoms with van der Waals surface area (Å²) in [6.45, 7) is 4.96. The van der Waals surface area contributed by atoms with Gasteiger partial charge in [0.25, 0.3) is 5.91 Å². The molecule has 1 saturated heterocycles. The number of thiocarbonyl (C=S) groups is 1. The zero-order chi connectivity index (χ0) is 20.1. The van der Waals surface area contributed by atoms with E-state index in [1.165, 1.54) is 11.8 Å². The Labute approximate surface area is 179 Å². The molecule has 0 saturated carbocycles. The Morgan fingerprint density at radius 3 is 2.57 bits per heavy atom. The number of carbonyl (C=O) groups is 1. The Bertz CT molecular complexity index is 927. The smallest absolute Gasteiger partial charge is 0.270 e. The van der Waals surface area contributed by atoms with Gasteiger partial charge in [-0.15, -0.1) is 11.8 Å². The van der Waals surface area contributed by atoms with E-state index >= 15 is 0 Å². The SMILES string of the molecule is CCOc1ccc(/C=C2/SC(=S)N(c3cccc(SC)c3)C2=O)cc1OCC. The van der Waals surface area contributed by atoms with Gasteiger partial charge in [0.05, 0.1) is 23.8 Å². The number of rotatable bonds is 7. The molecule has 0 atom stereocenters. The molecule has 0 aromatic heterocycles. The summed E-state index contributed by atoms with van der Waals surface area (Å²) < 4.78 is 11.8. The fourth-order valence-corrected chi connectivity index (χ4v) is 4.50. The maximum atomic E-state index is 13.0. The zero-order valence-electron chi connectivity index (χ0n) is 15.9. The molecule has 0 aliphatic carbocycles. The lowest BCUT2D eigenvalue weighted by Crippen LogP contribution is -2.27. The largest absolute Gasteiger partial charge is 0.490 e. The van der Waals surface area contributed by atoms with Crippen molar-refractivity contribution in [3.8, 4) is 11.5 Å². The highest BCUT2D eigenvalue weighted by Crippen LogP contribution is 2.38. The predicted molar refractivity (Wildman–Crippen MR) is 123 cm³/mol. The van der Waals surface area contributed by atoms with Crippen molar-refractivity contribution in [1.82, 2.24) is 0 Å². The number of ether oxygens (including phenoxy) is 2. The highest BCUT2D eigenvalue weighted by Gasteiger charge is 2.33. The second kappa shape index (κ2) is 9.49. The molecule has 0 unspecified atom stereocenters. The van der Waals surface area contributed by atoms with E-state index < -0.39 is 0 Å². The summed E-state index contributed by atoms with van der Waals surface area (Å²) >= 11 is 8.41. The van der Waals surface area contributed by atoms with Gasteiger partial charge in [0.2, 0.25) is 0 Å². The van der Waals surface area contributed by atoms with Gasteiger partial charge in [-0.2, -0.15) is 0 Å². The number of hydrogen-bond donors (Lipinski definition) is 0. The van der Waals surface area contributed by atoms with E-state index in [0.717, 1.165) is 16.1 Å². The van der Waals surface area contributed by atoms with Gasteiger partial charge in [0.15, 0.2) is 15.8 Å². The topological polar surface area (TPSA) is 38.8 Å². The summed E-state index contributed by atoms with van der Waals surface area (Å²) in [4.78, 5) is 16.2. The second-order valence-electron chi connectivity index (χ2n) is 5.79. The quantitative estimate of drug-likeness (QED) is 0.322. The number of hydrogen-bond acceptors (Lipinski definition) is 6. The zero-order valence-corrected chi connectivity index (χ0v) is 18.4. The van der Waals surface area contributed by atoms with Crippen molar-refractivity contribution in [1.29, 1.82) is 0 Å². The van der Waals surface area contributed by atoms with Crippen LogP contribution in [0.4, 0.5) is 5.69 Å². The van der Waals surface area contributed by atoms with Crippen molar-refractivity contribution >= 4 is 57.7 Å². The Hall–Kier alpha value is -1.96. The third-order valence-electron chi connectivity index (χ3n) is 3.97. The van der Waals surface area contributed by atoms with Crippen LogP contribution < -0.4 is 14.4 Å². The monoisotopic (exact) mass is 431 g/mol. The number of anilines is 1. The molecule has 1 amide bonds. The van der Waals surface area contributed by atoms with Crippen molar-refractivity contribution in [2.75, 3.05) is 24.4 Å². The Balaban J connectivity index is 1.90. The van der Waals surface area contributed by atoms with E-state index in [2.05, 4.69) is 0 Å². The molecule has 3 rings (SSSR count). The molecule has 146 valence electrons. The molecule has 4 nitrogen and oxygen atoms in total. The summed E-state index contributed by atoms with van der Waals surface area (Å²) in [5.41, 5.74) is 1.66. The van der Waals surface area contributed by atoms with Gasteiger partial charge in [0, 0.05) is 4.90 Å². The second-order valence-corrected chi connectivity index (χ2v) is 8.35. The summed E-state index contributed by atoms with van der Waals surface area (Å²) in [6.07, 6.45) is 3.85. The molecule has 0 bridgehead atoms. The predicted octanol–water partition coefficient (Wildman–Crippen LogP) is 5.61. The number of thioether (sulfide) groups is 2. The lowest BCUT2D eigenvalue weighted by atomic mass is 10.1. The highest BCUT2D eigenvalue weighted by atomic mass is 32.2. The normalized spacial score (nSPS) is 15.4. The van der Waals surface area contributed by atoms with Crippen molar-refractivity contribution < 1.29 is 14.3 Å². The molecule has 0 N–H and O–H groups in total. The van der Waals surface area contributed by atoms with E-state index in [0.29, 0.717) is 33.9 Å². The average Bonchev–Trinajstić information content (AvgIpc) is 2.97. The molecule has 2 aromatic carbocycles. The third-order valence-corrected chi connectivity index (χ3v) is 6.00. The summed E-state index contributed by atoms with van der Waals surface area (Å²) in [6, 6.07) is 13.5. The third kappa shape index (κ3) is 4.54. The molecule has 7 heteroatoms. The maximum Gasteiger partial charge on any atom is 0.270 e. The van der Waals surface area contributed by atoms with Crippen LogP contribution in [0.25, 0.3) is 6.08 Å². The van der Waals surface area contributed by atoms with E-state index in [-0.39, 0.29) is 5.91 Å². The minimum Gasteiger partial charge on any atom is -0.490 e. The standard InChI is InChI=1S/C21H21NO3S3/c1-4-24-17-10-9-14(11-18(17)25-5-2)12-19-20(23)22(21(26)28-19)15-7-6-8-16(13-15)27-3/h6-13H,4-5H2,1-3H3/b19-12+. The molecule has 1 aliphatic rings. The van der Waals surface area contributed by atoms with Crippen LogP contribution in [0.2, 0.25) is 0 Å². The first-order valence-electron chi connectivity index (χ1n) is 8.89. The number of carbonyl (C=O) groups excluding carboxylic acids is 1. The van der Waals surface area contributed by atoms with Gasteiger partial charge in [-0.25, -0.2) is 0 Å². The molecule has 2 aromatic rings. The summed E-state index contributed by atoms with van der Waals surface area (Å²) in [7, 11) is 0. The van der Waals surface area contributed by atoms with Gasteiger partial charge in [0.1, 0.15) is 0 Å². The fraction of sp³-hybridized carbons (Fsp3) is 0.238. The van der Waals surface area contributed by atoms with Crippen LogP contribution in [-0.2, 0) is 4.79 Å². The van der Waals surface area contributed by atoms with Gasteiger partial charge < -0.3 is 9.47 Å². The van der Waals surface area contributed by atoms with Crippen molar-refractivity contribution in [3.63, 3.8) is 0 Å². The van der Waals surface area contributed by atoms with Crippen molar-refractivity contribution in [3.05, 3.63) is 52.9 Å². The van der Waals surface area contributed by atoms with Crippen LogP contribution in [-0.4, -0.2) is 29.7 Å². The molecule has 28 heavy (non-hydrogen) atoms. The van der Waals surface area contributed by atoms with Gasteiger partial charge >= 0.3 is 0 Å². The van der Waals surface area contributed by atoms with Crippen molar-refractivity contribution in [2.24, 2.45) is 0 Å². The lowest BCUT2D eigenvalue weighted by Gasteiger charge is -2.15. The number of benzene rings is 2. The van der Waals surface area contributed by atoms with Crippen molar-refractivity contribution in [2.45, 2.75) is 18.7 Å². The first-order chi connectivity index (χ1) is 13.6. The molecule has 1 aliphatic heterocycles. The molecule has 1 heterocycles. The molecule has 0 radical (unpaired) electrons. The molecular formula is C21H21NO3S3. The summed E-state index contributed by atoms with van der Waals surface area (Å²) in [5.74, 6) is 1.25.